The van der Waals surface area contributed by atoms with Crippen LogP contribution in [0.1, 0.15) is 23.0 Å². The fourth-order valence-corrected chi connectivity index (χ4v) is 2.62. The number of carbonyl (C=O) groups is 1. The van der Waals surface area contributed by atoms with Crippen molar-refractivity contribution in [1.29, 1.82) is 0 Å². The van der Waals surface area contributed by atoms with E-state index in [9.17, 15) is 4.79 Å². The van der Waals surface area contributed by atoms with E-state index >= 15 is 0 Å². The van der Waals surface area contributed by atoms with Crippen LogP contribution in [0.5, 0.6) is 17.2 Å². The first-order chi connectivity index (χ1) is 13.2. The minimum Gasteiger partial charge on any atom is -0.493 e. The molecule has 0 aliphatic carbocycles. The van der Waals surface area contributed by atoms with Crippen LogP contribution in [0.3, 0.4) is 0 Å². The number of amides is 1. The monoisotopic (exact) mass is 368 g/mol. The molecule has 0 bridgehead atoms. The maximum absolute atomic E-state index is 12.3. The average molecular weight is 368 g/mol. The van der Waals surface area contributed by atoms with E-state index in [1.807, 2.05) is 31.2 Å². The molecule has 2 aromatic carbocycles. The Morgan fingerprint density at radius 3 is 2.63 bits per heavy atom. The van der Waals surface area contributed by atoms with E-state index in [1.165, 1.54) is 6.21 Å². The highest BCUT2D eigenvalue weighted by atomic mass is 16.5. The number of furan rings is 1. The van der Waals surface area contributed by atoms with Crippen molar-refractivity contribution >= 4 is 23.1 Å². The summed E-state index contributed by atoms with van der Waals surface area (Å²) in [4.78, 5) is 12.3. The molecule has 0 fully saturated rings. The minimum absolute atomic E-state index is 0.141. The van der Waals surface area contributed by atoms with Gasteiger partial charge in [0.1, 0.15) is 0 Å². The molecule has 7 heteroatoms. The van der Waals surface area contributed by atoms with Crippen LogP contribution in [-0.4, -0.2) is 32.9 Å². The van der Waals surface area contributed by atoms with E-state index in [-0.39, 0.29) is 5.76 Å². The summed E-state index contributed by atoms with van der Waals surface area (Å²) in [6.45, 7) is 2.36. The second-order valence-electron chi connectivity index (χ2n) is 5.50. The Hall–Kier alpha value is -3.48. The van der Waals surface area contributed by atoms with Gasteiger partial charge in [-0.25, -0.2) is 5.43 Å². The molecule has 3 aromatic rings. The minimum atomic E-state index is -0.467. The van der Waals surface area contributed by atoms with Crippen LogP contribution in [0.2, 0.25) is 0 Å². The Kier molecular flexibility index (Phi) is 5.61. The summed E-state index contributed by atoms with van der Waals surface area (Å²) in [5, 5.41) is 4.77. The summed E-state index contributed by atoms with van der Waals surface area (Å²) in [6, 6.07) is 12.5. The Balaban J connectivity index is 1.78. The highest BCUT2D eigenvalue weighted by molar-refractivity contribution is 5.97. The molecular formula is C20H20N2O5. The number of ether oxygens (including phenoxy) is 3. The molecule has 140 valence electrons. The van der Waals surface area contributed by atoms with Gasteiger partial charge in [-0.1, -0.05) is 18.2 Å². The zero-order valence-corrected chi connectivity index (χ0v) is 15.3. The van der Waals surface area contributed by atoms with Gasteiger partial charge >= 0.3 is 5.91 Å². The first-order valence-electron chi connectivity index (χ1n) is 8.37. The summed E-state index contributed by atoms with van der Waals surface area (Å²) < 4.78 is 21.7. The standard InChI is InChI=1S/C20H20N2O5/c1-4-26-18-14(8-6-9-15(18)24-2)12-21-22-20(23)17-11-13-7-5-10-16(25-3)19(13)27-17/h5-12H,4H2,1-3H3,(H,22,23)/b21-12-. The predicted molar refractivity (Wildman–Crippen MR) is 102 cm³/mol. The SMILES string of the molecule is CCOc1c(/C=N\NC(=O)c2cc3cccc(OC)c3o2)cccc1OC. The molecule has 0 aliphatic rings. The second kappa shape index (κ2) is 8.27. The molecule has 7 nitrogen and oxygen atoms in total. The van der Waals surface area contributed by atoms with Crippen molar-refractivity contribution in [3.63, 3.8) is 0 Å². The van der Waals surface area contributed by atoms with Gasteiger partial charge in [0, 0.05) is 10.9 Å². The third-order valence-electron chi connectivity index (χ3n) is 3.84. The van der Waals surface area contributed by atoms with Gasteiger partial charge in [0.2, 0.25) is 0 Å². The average Bonchev–Trinajstić information content (AvgIpc) is 3.13. The van der Waals surface area contributed by atoms with Gasteiger partial charge in [-0.05, 0) is 31.2 Å². The van der Waals surface area contributed by atoms with Crippen LogP contribution in [0, 0.1) is 0 Å². The third-order valence-corrected chi connectivity index (χ3v) is 3.84. The van der Waals surface area contributed by atoms with E-state index in [0.29, 0.717) is 35.0 Å². The normalized spacial score (nSPS) is 10.9. The molecule has 1 amide bonds. The molecule has 1 aromatic heterocycles. The van der Waals surface area contributed by atoms with Crippen molar-refractivity contribution in [2.75, 3.05) is 20.8 Å². The zero-order valence-electron chi connectivity index (χ0n) is 15.3. The maximum Gasteiger partial charge on any atom is 0.307 e. The van der Waals surface area contributed by atoms with Crippen molar-refractivity contribution in [3.8, 4) is 17.2 Å². The summed E-state index contributed by atoms with van der Waals surface area (Å²) >= 11 is 0. The molecule has 0 saturated carbocycles. The third kappa shape index (κ3) is 3.87. The lowest BCUT2D eigenvalue weighted by Crippen LogP contribution is -2.16. The van der Waals surface area contributed by atoms with Crippen molar-refractivity contribution in [2.45, 2.75) is 6.92 Å². The number of hydrazone groups is 1. The molecule has 0 spiro atoms. The summed E-state index contributed by atoms with van der Waals surface area (Å²) in [6.07, 6.45) is 1.49. The van der Waals surface area contributed by atoms with Crippen molar-refractivity contribution in [2.24, 2.45) is 5.10 Å². The molecule has 0 radical (unpaired) electrons. The molecule has 0 saturated heterocycles. The largest absolute Gasteiger partial charge is 0.493 e. The molecule has 1 heterocycles. The molecule has 3 rings (SSSR count). The van der Waals surface area contributed by atoms with Crippen LogP contribution >= 0.6 is 0 Å². The lowest BCUT2D eigenvalue weighted by atomic mass is 10.2. The van der Waals surface area contributed by atoms with Crippen LogP contribution < -0.4 is 19.6 Å². The van der Waals surface area contributed by atoms with Crippen molar-refractivity contribution in [1.82, 2.24) is 5.43 Å². The topological polar surface area (TPSA) is 82.3 Å². The highest BCUT2D eigenvalue weighted by Gasteiger charge is 2.14. The van der Waals surface area contributed by atoms with E-state index in [4.69, 9.17) is 18.6 Å². The predicted octanol–water partition coefficient (Wildman–Crippen LogP) is 3.61. The van der Waals surface area contributed by atoms with Crippen LogP contribution in [0.25, 0.3) is 11.0 Å². The fourth-order valence-electron chi connectivity index (χ4n) is 2.62. The summed E-state index contributed by atoms with van der Waals surface area (Å²) in [5.74, 6) is 1.39. The number of hydrogen-bond acceptors (Lipinski definition) is 6. The van der Waals surface area contributed by atoms with Gasteiger partial charge in [-0.3, -0.25) is 4.79 Å². The lowest BCUT2D eigenvalue weighted by Gasteiger charge is -2.11. The number of nitrogens with one attached hydrogen (secondary N) is 1. The van der Waals surface area contributed by atoms with Crippen molar-refractivity contribution in [3.05, 3.63) is 53.8 Å². The molecule has 0 atom stereocenters. The zero-order chi connectivity index (χ0) is 19.2. The number of para-hydroxylation sites is 2. The Morgan fingerprint density at radius 1 is 1.15 bits per heavy atom. The van der Waals surface area contributed by atoms with E-state index in [2.05, 4.69) is 10.5 Å². The number of methoxy groups -OCH3 is 2. The Labute approximate surface area is 156 Å². The van der Waals surface area contributed by atoms with Crippen molar-refractivity contribution < 1.29 is 23.4 Å². The first kappa shape index (κ1) is 18.3. The fraction of sp³-hybridized carbons (Fsp3) is 0.200. The highest BCUT2D eigenvalue weighted by Crippen LogP contribution is 2.30. The van der Waals surface area contributed by atoms with Gasteiger partial charge in [0.15, 0.2) is 28.6 Å². The summed E-state index contributed by atoms with van der Waals surface area (Å²) in [7, 11) is 3.11. The first-order valence-corrected chi connectivity index (χ1v) is 8.37. The van der Waals surface area contributed by atoms with E-state index < -0.39 is 5.91 Å². The molecule has 0 unspecified atom stereocenters. The van der Waals surface area contributed by atoms with Gasteiger partial charge in [0.25, 0.3) is 0 Å². The number of rotatable bonds is 7. The van der Waals surface area contributed by atoms with E-state index in [0.717, 1.165) is 5.39 Å². The van der Waals surface area contributed by atoms with Gasteiger partial charge in [-0.2, -0.15) is 5.10 Å². The van der Waals surface area contributed by atoms with E-state index in [1.54, 1.807) is 32.4 Å². The number of benzene rings is 2. The Morgan fingerprint density at radius 2 is 1.89 bits per heavy atom. The van der Waals surface area contributed by atoms with Gasteiger partial charge in [0.05, 0.1) is 27.0 Å². The molecule has 0 aliphatic heterocycles. The summed E-state index contributed by atoms with van der Waals surface area (Å²) in [5.41, 5.74) is 3.65. The maximum atomic E-state index is 12.3. The van der Waals surface area contributed by atoms with Gasteiger partial charge < -0.3 is 18.6 Å². The molecule has 27 heavy (non-hydrogen) atoms. The number of fused-ring (bicyclic) bond motifs is 1. The number of nitrogens with zero attached hydrogens (tertiary/aromatic N) is 1. The molecule has 1 N–H and O–H groups in total. The lowest BCUT2D eigenvalue weighted by molar-refractivity contribution is 0.0929. The van der Waals surface area contributed by atoms with Gasteiger partial charge in [-0.15, -0.1) is 0 Å². The Bertz CT molecular complexity index is 978. The second-order valence-corrected chi connectivity index (χ2v) is 5.50. The number of carbonyl (C=O) groups excluding carboxylic acids is 1. The van der Waals surface area contributed by atoms with Crippen LogP contribution in [0.4, 0.5) is 0 Å². The smallest absolute Gasteiger partial charge is 0.307 e. The molecular weight excluding hydrogens is 348 g/mol. The number of hydrogen-bond donors (Lipinski definition) is 1. The van der Waals surface area contributed by atoms with Crippen LogP contribution in [0.15, 0.2) is 52.0 Å². The quantitative estimate of drug-likeness (QED) is 0.509. The van der Waals surface area contributed by atoms with Crippen LogP contribution in [-0.2, 0) is 0 Å².